The molecule has 1 atom stereocenters. The highest BCUT2D eigenvalue weighted by molar-refractivity contribution is 5.98. The molecule has 0 aliphatic heterocycles. The number of hydrogen-bond acceptors (Lipinski definition) is 2. The Morgan fingerprint density at radius 2 is 1.92 bits per heavy atom. The summed E-state index contributed by atoms with van der Waals surface area (Å²) in [6, 6.07) is 10.2. The third-order valence-corrected chi connectivity index (χ3v) is 4.08. The maximum absolute atomic E-state index is 12.6. The molecule has 0 saturated heterocycles. The molecule has 1 aliphatic rings. The van der Waals surface area contributed by atoms with E-state index in [4.69, 9.17) is 4.74 Å². The van der Waals surface area contributed by atoms with Crippen LogP contribution in [0.5, 0.6) is 5.75 Å². The third-order valence-electron chi connectivity index (χ3n) is 4.08. The molecule has 0 radical (unpaired) electrons. The molecular formula is C19H16F3NO2. The Morgan fingerprint density at radius 3 is 2.56 bits per heavy atom. The number of benzene rings is 2. The first-order chi connectivity index (χ1) is 11.9. The summed E-state index contributed by atoms with van der Waals surface area (Å²) < 4.78 is 43.7. The minimum Gasteiger partial charge on any atom is -0.486 e. The van der Waals surface area contributed by atoms with E-state index >= 15 is 0 Å². The molecule has 25 heavy (non-hydrogen) atoms. The summed E-state index contributed by atoms with van der Waals surface area (Å²) in [6.45, 7) is 3.41. The average Bonchev–Trinajstić information content (AvgIpc) is 2.97. The standard InChI is InChI=1S/C19H16F3NO2/c1-2-18(24)23-14-7-3-12-4-10-17(16(12)11-14)25-15-8-5-13(6-9-15)19(20,21)22/h2-3,5-9,11,17H,1,4,10H2,(H,23,24)/t17-/m0/s1. The van der Waals surface area contributed by atoms with Gasteiger partial charge in [0, 0.05) is 5.69 Å². The molecule has 130 valence electrons. The molecule has 0 heterocycles. The number of fused-ring (bicyclic) bond motifs is 1. The van der Waals surface area contributed by atoms with E-state index in [1.807, 2.05) is 12.1 Å². The number of hydrogen-bond donors (Lipinski definition) is 1. The lowest BCUT2D eigenvalue weighted by Crippen LogP contribution is -2.09. The van der Waals surface area contributed by atoms with Crippen molar-refractivity contribution in [1.82, 2.24) is 0 Å². The quantitative estimate of drug-likeness (QED) is 0.799. The molecular weight excluding hydrogens is 331 g/mol. The normalized spacial score (nSPS) is 16.2. The second kappa shape index (κ2) is 6.63. The number of rotatable bonds is 4. The van der Waals surface area contributed by atoms with Crippen LogP contribution in [0.3, 0.4) is 0 Å². The smallest absolute Gasteiger partial charge is 0.416 e. The van der Waals surface area contributed by atoms with E-state index in [2.05, 4.69) is 11.9 Å². The molecule has 0 saturated carbocycles. The van der Waals surface area contributed by atoms with Crippen LogP contribution in [0, 0.1) is 0 Å². The minimum atomic E-state index is -4.36. The van der Waals surface area contributed by atoms with Gasteiger partial charge in [-0.1, -0.05) is 12.6 Å². The molecule has 2 aromatic rings. The van der Waals surface area contributed by atoms with Crippen LogP contribution in [-0.2, 0) is 17.4 Å². The lowest BCUT2D eigenvalue weighted by atomic mass is 10.1. The Balaban J connectivity index is 1.77. The van der Waals surface area contributed by atoms with Crippen molar-refractivity contribution in [3.8, 4) is 5.75 Å². The molecule has 1 aliphatic carbocycles. The Kier molecular flexibility index (Phi) is 4.53. The van der Waals surface area contributed by atoms with Crippen molar-refractivity contribution in [3.63, 3.8) is 0 Å². The highest BCUT2D eigenvalue weighted by Crippen LogP contribution is 2.37. The summed E-state index contributed by atoms with van der Waals surface area (Å²) in [5.41, 5.74) is 1.96. The van der Waals surface area contributed by atoms with E-state index in [0.29, 0.717) is 11.4 Å². The van der Waals surface area contributed by atoms with Crippen LogP contribution in [-0.4, -0.2) is 5.91 Å². The fraction of sp³-hybridized carbons (Fsp3) is 0.211. The predicted molar refractivity (Wildman–Crippen MR) is 88.4 cm³/mol. The number of carbonyl (C=O) groups is 1. The van der Waals surface area contributed by atoms with Crippen LogP contribution in [0.4, 0.5) is 18.9 Å². The number of alkyl halides is 3. The van der Waals surface area contributed by atoms with E-state index in [-0.39, 0.29) is 12.0 Å². The van der Waals surface area contributed by atoms with Gasteiger partial charge in [0.15, 0.2) is 0 Å². The second-order valence-electron chi connectivity index (χ2n) is 5.77. The summed E-state index contributed by atoms with van der Waals surface area (Å²) >= 11 is 0. The zero-order chi connectivity index (χ0) is 18.0. The van der Waals surface area contributed by atoms with Gasteiger partial charge in [0.1, 0.15) is 11.9 Å². The number of ether oxygens (including phenoxy) is 1. The summed E-state index contributed by atoms with van der Waals surface area (Å²) in [6.07, 6.45) is -1.89. The van der Waals surface area contributed by atoms with Crippen molar-refractivity contribution >= 4 is 11.6 Å². The van der Waals surface area contributed by atoms with Gasteiger partial charge in [0.05, 0.1) is 5.56 Å². The number of halogens is 3. The highest BCUT2D eigenvalue weighted by Gasteiger charge is 2.30. The molecule has 6 heteroatoms. The SMILES string of the molecule is C=CC(=O)Nc1ccc2c(c1)[C@@H](Oc1ccc(C(F)(F)F)cc1)CC2. The third kappa shape index (κ3) is 3.84. The van der Waals surface area contributed by atoms with Crippen LogP contribution >= 0.6 is 0 Å². The lowest BCUT2D eigenvalue weighted by Gasteiger charge is -2.16. The number of aryl methyl sites for hydroxylation is 1. The van der Waals surface area contributed by atoms with Gasteiger partial charge in [0.2, 0.25) is 5.91 Å². The van der Waals surface area contributed by atoms with Gasteiger partial charge in [-0.2, -0.15) is 13.2 Å². The van der Waals surface area contributed by atoms with Gasteiger partial charge in [0.25, 0.3) is 0 Å². The van der Waals surface area contributed by atoms with Gasteiger partial charge < -0.3 is 10.1 Å². The molecule has 0 spiro atoms. The molecule has 3 rings (SSSR count). The van der Waals surface area contributed by atoms with Crippen molar-refractivity contribution in [2.45, 2.75) is 25.1 Å². The van der Waals surface area contributed by atoms with E-state index in [1.165, 1.54) is 18.2 Å². The molecule has 1 amide bonds. The van der Waals surface area contributed by atoms with E-state index < -0.39 is 11.7 Å². The first-order valence-corrected chi connectivity index (χ1v) is 7.77. The van der Waals surface area contributed by atoms with Crippen molar-refractivity contribution in [3.05, 3.63) is 71.8 Å². The topological polar surface area (TPSA) is 38.3 Å². The summed E-state index contributed by atoms with van der Waals surface area (Å²) in [7, 11) is 0. The Bertz CT molecular complexity index is 797. The van der Waals surface area contributed by atoms with Crippen LogP contribution in [0.2, 0.25) is 0 Å². The maximum Gasteiger partial charge on any atom is 0.416 e. The molecule has 0 fully saturated rings. The summed E-state index contributed by atoms with van der Waals surface area (Å²) in [5.74, 6) is 0.0736. The summed E-state index contributed by atoms with van der Waals surface area (Å²) in [4.78, 5) is 11.4. The number of anilines is 1. The van der Waals surface area contributed by atoms with Crippen molar-refractivity contribution < 1.29 is 22.7 Å². The van der Waals surface area contributed by atoms with Gasteiger partial charge in [-0.25, -0.2) is 0 Å². The van der Waals surface area contributed by atoms with Crippen LogP contribution < -0.4 is 10.1 Å². The fourth-order valence-electron chi connectivity index (χ4n) is 2.84. The first kappa shape index (κ1) is 17.1. The molecule has 3 nitrogen and oxygen atoms in total. The summed E-state index contributed by atoms with van der Waals surface area (Å²) in [5, 5.41) is 2.69. The zero-order valence-corrected chi connectivity index (χ0v) is 13.3. The van der Waals surface area contributed by atoms with Crippen molar-refractivity contribution in [1.29, 1.82) is 0 Å². The van der Waals surface area contributed by atoms with Gasteiger partial charge in [-0.05, 0) is 66.4 Å². The van der Waals surface area contributed by atoms with Crippen molar-refractivity contribution in [2.24, 2.45) is 0 Å². The van der Waals surface area contributed by atoms with Crippen LogP contribution in [0.15, 0.2) is 55.1 Å². The number of carbonyl (C=O) groups excluding carboxylic acids is 1. The Hall–Kier alpha value is -2.76. The highest BCUT2D eigenvalue weighted by atomic mass is 19.4. The predicted octanol–water partition coefficient (Wildman–Crippen LogP) is 4.90. The zero-order valence-electron chi connectivity index (χ0n) is 13.3. The minimum absolute atomic E-state index is 0.257. The second-order valence-corrected chi connectivity index (χ2v) is 5.77. The molecule has 0 bridgehead atoms. The monoisotopic (exact) mass is 347 g/mol. The first-order valence-electron chi connectivity index (χ1n) is 7.77. The fourth-order valence-corrected chi connectivity index (χ4v) is 2.84. The maximum atomic E-state index is 12.6. The number of nitrogens with one attached hydrogen (secondary N) is 1. The number of amides is 1. The van der Waals surface area contributed by atoms with Gasteiger partial charge >= 0.3 is 6.18 Å². The van der Waals surface area contributed by atoms with Crippen LogP contribution in [0.25, 0.3) is 0 Å². The average molecular weight is 347 g/mol. The largest absolute Gasteiger partial charge is 0.486 e. The van der Waals surface area contributed by atoms with Crippen LogP contribution in [0.1, 0.15) is 29.2 Å². The van der Waals surface area contributed by atoms with E-state index in [1.54, 1.807) is 6.07 Å². The van der Waals surface area contributed by atoms with Gasteiger partial charge in [-0.15, -0.1) is 0 Å². The van der Waals surface area contributed by atoms with Gasteiger partial charge in [-0.3, -0.25) is 4.79 Å². The van der Waals surface area contributed by atoms with Crippen molar-refractivity contribution in [2.75, 3.05) is 5.32 Å². The Labute approximate surface area is 143 Å². The molecule has 2 aromatic carbocycles. The molecule has 1 N–H and O–H groups in total. The molecule has 0 aromatic heterocycles. The Morgan fingerprint density at radius 1 is 1.20 bits per heavy atom. The van der Waals surface area contributed by atoms with E-state index in [0.717, 1.165) is 36.1 Å². The molecule has 0 unspecified atom stereocenters. The van der Waals surface area contributed by atoms with E-state index in [9.17, 15) is 18.0 Å². The lowest BCUT2D eigenvalue weighted by molar-refractivity contribution is -0.137.